The number of nitrogens with two attached hydrogens (primary N) is 1. The van der Waals surface area contributed by atoms with E-state index >= 15 is 0 Å². The van der Waals surface area contributed by atoms with E-state index in [1.807, 2.05) is 25.1 Å². The lowest BCUT2D eigenvalue weighted by molar-refractivity contribution is -0.134. The molecule has 0 atom stereocenters. The molecule has 1 aromatic rings. The molecule has 0 aliphatic heterocycles. The molecule has 3 nitrogen and oxygen atoms in total. The highest BCUT2D eigenvalue weighted by Gasteiger charge is 1.99. The Morgan fingerprint density at radius 3 is 2.79 bits per heavy atom. The van der Waals surface area contributed by atoms with E-state index in [-0.39, 0.29) is 5.97 Å². The summed E-state index contributed by atoms with van der Waals surface area (Å²) < 4.78 is 4.53. The van der Waals surface area contributed by atoms with E-state index in [2.05, 4.69) is 4.74 Å². The Bertz CT molecular complexity index is 369. The number of rotatable bonds is 2. The average molecular weight is 191 g/mol. The number of methoxy groups -OCH3 is 1. The van der Waals surface area contributed by atoms with Crippen LogP contribution in [0.4, 0.5) is 5.69 Å². The second-order valence-electron chi connectivity index (χ2n) is 2.98. The lowest BCUT2D eigenvalue weighted by atomic mass is 10.1. The standard InChI is InChI=1S/C11H13NO2/c1-8(6-11(13)14-2)9-4-3-5-10(12)7-9/h3-7H,12H2,1-2H3/b8-6+. The van der Waals surface area contributed by atoms with Crippen LogP contribution in [0.15, 0.2) is 30.3 Å². The van der Waals surface area contributed by atoms with Gasteiger partial charge in [-0.15, -0.1) is 0 Å². The first-order chi connectivity index (χ1) is 6.63. The molecule has 2 N–H and O–H groups in total. The summed E-state index contributed by atoms with van der Waals surface area (Å²) in [6, 6.07) is 7.36. The fraction of sp³-hybridized carbons (Fsp3) is 0.182. The smallest absolute Gasteiger partial charge is 0.330 e. The second-order valence-corrected chi connectivity index (χ2v) is 2.98. The summed E-state index contributed by atoms with van der Waals surface area (Å²) >= 11 is 0. The number of allylic oxidation sites excluding steroid dienone is 1. The predicted molar refractivity (Wildman–Crippen MR) is 56.5 cm³/mol. The van der Waals surface area contributed by atoms with Gasteiger partial charge in [0.25, 0.3) is 0 Å². The van der Waals surface area contributed by atoms with Gasteiger partial charge in [0, 0.05) is 11.8 Å². The van der Waals surface area contributed by atoms with Crippen molar-refractivity contribution >= 4 is 17.2 Å². The lowest BCUT2D eigenvalue weighted by Crippen LogP contribution is -1.96. The Hall–Kier alpha value is -1.77. The van der Waals surface area contributed by atoms with Crippen molar-refractivity contribution in [3.63, 3.8) is 0 Å². The molecule has 0 heterocycles. The maximum absolute atomic E-state index is 11.0. The van der Waals surface area contributed by atoms with Crippen LogP contribution in [0, 0.1) is 0 Å². The van der Waals surface area contributed by atoms with Crippen LogP contribution in [0.1, 0.15) is 12.5 Å². The minimum atomic E-state index is -0.357. The van der Waals surface area contributed by atoms with Gasteiger partial charge >= 0.3 is 5.97 Å². The van der Waals surface area contributed by atoms with E-state index in [1.54, 1.807) is 6.07 Å². The van der Waals surface area contributed by atoms with Gasteiger partial charge in [-0.3, -0.25) is 0 Å². The van der Waals surface area contributed by atoms with Gasteiger partial charge in [0.15, 0.2) is 0 Å². The van der Waals surface area contributed by atoms with Crippen molar-refractivity contribution < 1.29 is 9.53 Å². The Morgan fingerprint density at radius 2 is 2.21 bits per heavy atom. The number of nitrogen functional groups attached to an aromatic ring is 1. The van der Waals surface area contributed by atoms with Gasteiger partial charge in [0.2, 0.25) is 0 Å². The number of esters is 1. The zero-order valence-corrected chi connectivity index (χ0v) is 8.28. The van der Waals surface area contributed by atoms with Crippen molar-refractivity contribution in [3.8, 4) is 0 Å². The van der Waals surface area contributed by atoms with Gasteiger partial charge in [-0.1, -0.05) is 12.1 Å². The van der Waals surface area contributed by atoms with Crippen molar-refractivity contribution in [1.82, 2.24) is 0 Å². The molecule has 1 rings (SSSR count). The number of benzene rings is 1. The van der Waals surface area contributed by atoms with Gasteiger partial charge in [-0.2, -0.15) is 0 Å². The number of hydrogen-bond acceptors (Lipinski definition) is 3. The van der Waals surface area contributed by atoms with Gasteiger partial charge in [-0.25, -0.2) is 4.79 Å². The van der Waals surface area contributed by atoms with E-state index in [1.165, 1.54) is 13.2 Å². The molecule has 0 unspecified atom stereocenters. The molecular weight excluding hydrogens is 178 g/mol. The quantitative estimate of drug-likeness (QED) is 0.441. The first kappa shape index (κ1) is 10.3. The third kappa shape index (κ3) is 2.62. The third-order valence-corrected chi connectivity index (χ3v) is 1.88. The van der Waals surface area contributed by atoms with Crippen LogP contribution in [0.25, 0.3) is 5.57 Å². The van der Waals surface area contributed by atoms with E-state index in [0.717, 1.165) is 11.1 Å². The molecule has 0 spiro atoms. The average Bonchev–Trinajstić information content (AvgIpc) is 2.17. The minimum absolute atomic E-state index is 0.357. The van der Waals surface area contributed by atoms with Gasteiger partial charge in [0.05, 0.1) is 7.11 Å². The summed E-state index contributed by atoms with van der Waals surface area (Å²) in [5.41, 5.74) is 8.06. The number of carbonyl (C=O) groups excluding carboxylic acids is 1. The van der Waals surface area contributed by atoms with Gasteiger partial charge in [-0.05, 0) is 30.2 Å². The van der Waals surface area contributed by atoms with Crippen molar-refractivity contribution in [2.75, 3.05) is 12.8 Å². The Morgan fingerprint density at radius 1 is 1.50 bits per heavy atom. The van der Waals surface area contributed by atoms with Gasteiger partial charge in [0.1, 0.15) is 0 Å². The molecule has 1 aromatic carbocycles. The van der Waals surface area contributed by atoms with Gasteiger partial charge < -0.3 is 10.5 Å². The zero-order chi connectivity index (χ0) is 10.6. The van der Waals surface area contributed by atoms with E-state index in [0.29, 0.717) is 5.69 Å². The van der Waals surface area contributed by atoms with Crippen molar-refractivity contribution in [3.05, 3.63) is 35.9 Å². The van der Waals surface area contributed by atoms with E-state index < -0.39 is 0 Å². The molecule has 0 fully saturated rings. The lowest BCUT2D eigenvalue weighted by Gasteiger charge is -2.02. The summed E-state index contributed by atoms with van der Waals surface area (Å²) in [6.07, 6.45) is 1.44. The van der Waals surface area contributed by atoms with Crippen molar-refractivity contribution in [2.24, 2.45) is 0 Å². The Labute approximate surface area is 83.2 Å². The highest BCUT2D eigenvalue weighted by Crippen LogP contribution is 2.16. The predicted octanol–water partition coefficient (Wildman–Crippen LogP) is 1.85. The Balaban J connectivity index is 2.94. The van der Waals surface area contributed by atoms with Crippen LogP contribution < -0.4 is 5.73 Å². The van der Waals surface area contributed by atoms with Crippen molar-refractivity contribution in [1.29, 1.82) is 0 Å². The molecule has 0 saturated carbocycles. The largest absolute Gasteiger partial charge is 0.466 e. The maximum Gasteiger partial charge on any atom is 0.330 e. The molecule has 14 heavy (non-hydrogen) atoms. The molecule has 0 bridgehead atoms. The minimum Gasteiger partial charge on any atom is -0.466 e. The van der Waals surface area contributed by atoms with Crippen LogP contribution in [0.5, 0.6) is 0 Å². The van der Waals surface area contributed by atoms with Crippen LogP contribution in [0.2, 0.25) is 0 Å². The highest BCUT2D eigenvalue weighted by atomic mass is 16.5. The molecule has 0 aliphatic rings. The summed E-state index contributed by atoms with van der Waals surface area (Å²) in [6.45, 7) is 1.84. The molecule has 74 valence electrons. The first-order valence-corrected chi connectivity index (χ1v) is 4.25. The number of anilines is 1. The SMILES string of the molecule is COC(=O)/C=C(\C)c1cccc(N)c1. The zero-order valence-electron chi connectivity index (χ0n) is 8.28. The number of ether oxygens (including phenoxy) is 1. The topological polar surface area (TPSA) is 52.3 Å². The molecular formula is C11H13NO2. The van der Waals surface area contributed by atoms with Crippen LogP contribution in [-0.2, 0) is 9.53 Å². The number of hydrogen-bond donors (Lipinski definition) is 1. The fourth-order valence-electron chi connectivity index (χ4n) is 1.10. The number of carbonyl (C=O) groups is 1. The Kier molecular flexibility index (Phi) is 3.29. The van der Waals surface area contributed by atoms with Crippen LogP contribution >= 0.6 is 0 Å². The second kappa shape index (κ2) is 4.46. The highest BCUT2D eigenvalue weighted by molar-refractivity contribution is 5.91. The first-order valence-electron chi connectivity index (χ1n) is 4.25. The summed E-state index contributed by atoms with van der Waals surface area (Å²) in [7, 11) is 1.35. The molecule has 0 saturated heterocycles. The summed E-state index contributed by atoms with van der Waals surface area (Å²) in [5, 5.41) is 0. The summed E-state index contributed by atoms with van der Waals surface area (Å²) in [5.74, 6) is -0.357. The van der Waals surface area contributed by atoms with Crippen LogP contribution in [-0.4, -0.2) is 13.1 Å². The van der Waals surface area contributed by atoms with Crippen LogP contribution in [0.3, 0.4) is 0 Å². The summed E-state index contributed by atoms with van der Waals surface area (Å²) in [4.78, 5) is 11.0. The molecule has 0 radical (unpaired) electrons. The normalized spacial score (nSPS) is 11.1. The molecule has 0 amide bonds. The third-order valence-electron chi connectivity index (χ3n) is 1.88. The molecule has 0 aromatic heterocycles. The molecule has 3 heteroatoms. The van der Waals surface area contributed by atoms with Crippen molar-refractivity contribution in [2.45, 2.75) is 6.92 Å². The monoisotopic (exact) mass is 191 g/mol. The molecule has 0 aliphatic carbocycles. The fourth-order valence-corrected chi connectivity index (χ4v) is 1.10. The maximum atomic E-state index is 11.0. The van der Waals surface area contributed by atoms with E-state index in [4.69, 9.17) is 5.73 Å². The van der Waals surface area contributed by atoms with E-state index in [9.17, 15) is 4.79 Å².